The molecule has 0 aliphatic rings. The monoisotopic (exact) mass is 339 g/mol. The summed E-state index contributed by atoms with van der Waals surface area (Å²) in [5.74, 6) is 1.10. The topological polar surface area (TPSA) is 52.3 Å². The zero-order valence-electron chi connectivity index (χ0n) is 10.4. The van der Waals surface area contributed by atoms with Crippen LogP contribution in [0.15, 0.2) is 51.8 Å². The third-order valence-electron chi connectivity index (χ3n) is 2.70. The Morgan fingerprint density at radius 1 is 1.26 bits per heavy atom. The van der Waals surface area contributed by atoms with Crippen molar-refractivity contribution in [1.82, 2.24) is 0 Å². The second kappa shape index (κ2) is 6.21. The Labute approximate surface area is 123 Å². The normalized spacial score (nSPS) is 12.1. The predicted molar refractivity (Wildman–Crippen MR) is 81.7 cm³/mol. The van der Waals surface area contributed by atoms with Crippen LogP contribution in [0.5, 0.6) is 5.75 Å². The van der Waals surface area contributed by atoms with E-state index in [2.05, 4.69) is 15.9 Å². The van der Waals surface area contributed by atoms with Gasteiger partial charge in [-0.2, -0.15) is 0 Å². The van der Waals surface area contributed by atoms with Crippen LogP contribution in [0.4, 0.5) is 5.69 Å². The third-order valence-corrected chi connectivity index (χ3v) is 4.54. The number of hydrogen-bond donors (Lipinski definition) is 1. The molecule has 0 heterocycles. The van der Waals surface area contributed by atoms with Gasteiger partial charge in [-0.1, -0.05) is 28.1 Å². The molecule has 0 aliphatic carbocycles. The Morgan fingerprint density at radius 2 is 2.05 bits per heavy atom. The smallest absolute Gasteiger partial charge is 0.120 e. The van der Waals surface area contributed by atoms with Crippen LogP contribution in [-0.4, -0.2) is 11.3 Å². The van der Waals surface area contributed by atoms with Gasteiger partial charge in [-0.15, -0.1) is 0 Å². The Balaban J connectivity index is 2.20. The van der Waals surface area contributed by atoms with Crippen molar-refractivity contribution in [2.45, 2.75) is 10.6 Å². The van der Waals surface area contributed by atoms with Gasteiger partial charge < -0.3 is 10.5 Å². The van der Waals surface area contributed by atoms with E-state index in [0.29, 0.717) is 17.2 Å². The van der Waals surface area contributed by atoms with E-state index < -0.39 is 10.8 Å². The molecule has 19 heavy (non-hydrogen) atoms. The molecular formula is C14H14BrNO2S. The first-order valence-electron chi connectivity index (χ1n) is 5.66. The van der Waals surface area contributed by atoms with E-state index in [0.717, 1.165) is 14.9 Å². The molecule has 100 valence electrons. The second-order valence-electron chi connectivity index (χ2n) is 4.01. The zero-order valence-corrected chi connectivity index (χ0v) is 12.8. The minimum atomic E-state index is -1.14. The van der Waals surface area contributed by atoms with Gasteiger partial charge in [0.05, 0.1) is 23.7 Å². The fourth-order valence-corrected chi connectivity index (χ4v) is 3.23. The highest BCUT2D eigenvalue weighted by Crippen LogP contribution is 2.23. The number of benzene rings is 2. The lowest BCUT2D eigenvalue weighted by molar-refractivity contribution is 0.413. The molecule has 0 spiro atoms. The molecule has 0 fully saturated rings. The number of nitrogen functional groups attached to an aromatic ring is 1. The van der Waals surface area contributed by atoms with Crippen LogP contribution in [-0.2, 0) is 16.6 Å². The molecule has 0 saturated heterocycles. The molecule has 0 saturated carbocycles. The molecule has 1 unspecified atom stereocenters. The van der Waals surface area contributed by atoms with Crippen LogP contribution in [0.1, 0.15) is 5.56 Å². The average Bonchev–Trinajstić information content (AvgIpc) is 2.42. The van der Waals surface area contributed by atoms with Gasteiger partial charge in [0.2, 0.25) is 0 Å². The van der Waals surface area contributed by atoms with E-state index in [9.17, 15) is 4.21 Å². The van der Waals surface area contributed by atoms with Crippen molar-refractivity contribution < 1.29 is 8.95 Å². The maximum Gasteiger partial charge on any atom is 0.120 e. The van der Waals surface area contributed by atoms with Gasteiger partial charge >= 0.3 is 0 Å². The van der Waals surface area contributed by atoms with Crippen molar-refractivity contribution in [3.63, 3.8) is 0 Å². The van der Waals surface area contributed by atoms with Crippen molar-refractivity contribution in [2.24, 2.45) is 0 Å². The van der Waals surface area contributed by atoms with Crippen molar-refractivity contribution in [1.29, 1.82) is 0 Å². The summed E-state index contributed by atoms with van der Waals surface area (Å²) >= 11 is 3.35. The number of hydrogen-bond acceptors (Lipinski definition) is 3. The molecule has 2 aromatic carbocycles. The van der Waals surface area contributed by atoms with Crippen molar-refractivity contribution in [3.8, 4) is 5.75 Å². The summed E-state index contributed by atoms with van der Waals surface area (Å²) in [6.07, 6.45) is 0. The fraction of sp³-hybridized carbons (Fsp3) is 0.143. The number of anilines is 1. The summed E-state index contributed by atoms with van der Waals surface area (Å²) in [6.45, 7) is 0. The van der Waals surface area contributed by atoms with Gasteiger partial charge in [0.25, 0.3) is 0 Å². The first-order valence-corrected chi connectivity index (χ1v) is 7.77. The van der Waals surface area contributed by atoms with E-state index in [1.54, 1.807) is 13.2 Å². The highest BCUT2D eigenvalue weighted by Gasteiger charge is 2.09. The maximum atomic E-state index is 12.3. The molecule has 2 N–H and O–H groups in total. The van der Waals surface area contributed by atoms with Gasteiger partial charge in [0.1, 0.15) is 5.75 Å². The van der Waals surface area contributed by atoms with Crippen molar-refractivity contribution in [2.75, 3.05) is 12.8 Å². The van der Waals surface area contributed by atoms with Gasteiger partial charge in [-0.3, -0.25) is 4.21 Å². The quantitative estimate of drug-likeness (QED) is 0.869. The molecule has 0 radical (unpaired) electrons. The molecule has 1 atom stereocenters. The maximum absolute atomic E-state index is 12.3. The summed E-state index contributed by atoms with van der Waals surface area (Å²) in [7, 11) is 0.454. The number of ether oxygens (including phenoxy) is 1. The number of methoxy groups -OCH3 is 1. The predicted octanol–water partition coefficient (Wildman–Crippen LogP) is 3.35. The number of rotatable bonds is 4. The highest BCUT2D eigenvalue weighted by atomic mass is 79.9. The average molecular weight is 340 g/mol. The van der Waals surface area contributed by atoms with Gasteiger partial charge in [-0.05, 0) is 35.9 Å². The van der Waals surface area contributed by atoms with E-state index in [-0.39, 0.29) is 0 Å². The summed E-state index contributed by atoms with van der Waals surface area (Å²) < 4.78 is 18.4. The Bertz CT molecular complexity index is 616. The standard InChI is InChI=1S/C14H14BrNO2S/c1-18-12-3-2-4-13(8-12)19(17)9-10-5-6-11(15)7-14(10)16/h2-8H,9,16H2,1H3. The molecule has 0 aliphatic heterocycles. The summed E-state index contributed by atoms with van der Waals surface area (Å²) in [4.78, 5) is 0.738. The van der Waals surface area contributed by atoms with Crippen LogP contribution in [0.2, 0.25) is 0 Å². The van der Waals surface area contributed by atoms with E-state index >= 15 is 0 Å². The molecule has 3 nitrogen and oxygen atoms in total. The highest BCUT2D eigenvalue weighted by molar-refractivity contribution is 9.10. The summed E-state index contributed by atoms with van der Waals surface area (Å²) in [5, 5.41) is 0. The lowest BCUT2D eigenvalue weighted by Crippen LogP contribution is -2.00. The minimum Gasteiger partial charge on any atom is -0.497 e. The van der Waals surface area contributed by atoms with Crippen LogP contribution >= 0.6 is 15.9 Å². The number of nitrogens with two attached hydrogens (primary N) is 1. The van der Waals surface area contributed by atoms with E-state index in [1.807, 2.05) is 36.4 Å². The number of halogens is 1. The largest absolute Gasteiger partial charge is 0.497 e. The fourth-order valence-electron chi connectivity index (χ4n) is 1.66. The SMILES string of the molecule is COc1cccc(S(=O)Cc2ccc(Br)cc2N)c1. The van der Waals surface area contributed by atoms with Crippen molar-refractivity contribution >= 4 is 32.4 Å². The molecule has 2 aromatic rings. The lowest BCUT2D eigenvalue weighted by Gasteiger charge is -2.07. The first kappa shape index (κ1) is 14.1. The molecule has 0 bridgehead atoms. The Kier molecular flexibility index (Phi) is 4.61. The Hall–Kier alpha value is -1.33. The first-order chi connectivity index (χ1) is 9.10. The molecule has 5 heteroatoms. The van der Waals surface area contributed by atoms with Gasteiger partial charge in [0, 0.05) is 15.1 Å². The van der Waals surface area contributed by atoms with E-state index in [1.165, 1.54) is 0 Å². The van der Waals surface area contributed by atoms with Crippen LogP contribution < -0.4 is 10.5 Å². The molecular weight excluding hydrogens is 326 g/mol. The third kappa shape index (κ3) is 3.58. The zero-order chi connectivity index (χ0) is 13.8. The summed E-state index contributed by atoms with van der Waals surface area (Å²) in [6, 6.07) is 12.9. The van der Waals surface area contributed by atoms with Crippen molar-refractivity contribution in [3.05, 3.63) is 52.5 Å². The van der Waals surface area contributed by atoms with Gasteiger partial charge in [0.15, 0.2) is 0 Å². The molecule has 0 amide bonds. The minimum absolute atomic E-state index is 0.395. The molecule has 2 rings (SSSR count). The molecule has 0 aromatic heterocycles. The second-order valence-corrected chi connectivity index (χ2v) is 6.38. The van der Waals surface area contributed by atoms with E-state index in [4.69, 9.17) is 10.5 Å². The summed E-state index contributed by atoms with van der Waals surface area (Å²) in [5.41, 5.74) is 7.44. The van der Waals surface area contributed by atoms with Crippen LogP contribution in [0, 0.1) is 0 Å². The Morgan fingerprint density at radius 3 is 2.74 bits per heavy atom. The van der Waals surface area contributed by atoms with Gasteiger partial charge in [-0.25, -0.2) is 0 Å². The van der Waals surface area contributed by atoms with Crippen LogP contribution in [0.25, 0.3) is 0 Å². The van der Waals surface area contributed by atoms with Crippen LogP contribution in [0.3, 0.4) is 0 Å². The lowest BCUT2D eigenvalue weighted by atomic mass is 10.2.